The standard InChI is InChI=1S/C16H29NO3/c1-13(20-15-8-4-2-3-5-9-15)16(19)17-10-6-7-14(11-17)12-18/h13-15,18H,2-12H2,1H3. The van der Waals surface area contributed by atoms with Crippen LogP contribution in [0.25, 0.3) is 0 Å². The maximum absolute atomic E-state index is 12.4. The number of rotatable bonds is 4. The van der Waals surface area contributed by atoms with Crippen molar-refractivity contribution in [1.29, 1.82) is 0 Å². The van der Waals surface area contributed by atoms with Crippen molar-refractivity contribution in [3.63, 3.8) is 0 Å². The molecule has 1 saturated heterocycles. The first-order valence-corrected chi connectivity index (χ1v) is 8.26. The number of ether oxygens (including phenoxy) is 1. The summed E-state index contributed by atoms with van der Waals surface area (Å²) in [5.41, 5.74) is 0. The first-order chi connectivity index (χ1) is 9.70. The molecule has 2 aliphatic rings. The van der Waals surface area contributed by atoms with Gasteiger partial charge in [0.2, 0.25) is 0 Å². The molecule has 1 aliphatic heterocycles. The highest BCUT2D eigenvalue weighted by molar-refractivity contribution is 5.80. The molecule has 1 aliphatic carbocycles. The normalized spacial score (nSPS) is 27.1. The fourth-order valence-electron chi connectivity index (χ4n) is 3.40. The van der Waals surface area contributed by atoms with Gasteiger partial charge in [-0.05, 0) is 38.5 Å². The first-order valence-electron chi connectivity index (χ1n) is 8.26. The van der Waals surface area contributed by atoms with Crippen LogP contribution >= 0.6 is 0 Å². The zero-order valence-electron chi connectivity index (χ0n) is 12.7. The number of aliphatic hydroxyl groups excluding tert-OH is 1. The van der Waals surface area contributed by atoms with Crippen LogP contribution in [0.2, 0.25) is 0 Å². The van der Waals surface area contributed by atoms with Crippen molar-refractivity contribution in [2.75, 3.05) is 19.7 Å². The summed E-state index contributed by atoms with van der Waals surface area (Å²) in [7, 11) is 0. The molecular weight excluding hydrogens is 254 g/mol. The molecule has 4 heteroatoms. The Labute approximate surface area is 122 Å². The van der Waals surface area contributed by atoms with E-state index in [1.54, 1.807) is 0 Å². The smallest absolute Gasteiger partial charge is 0.251 e. The molecule has 1 N–H and O–H groups in total. The Morgan fingerprint density at radius 1 is 1.20 bits per heavy atom. The van der Waals surface area contributed by atoms with Gasteiger partial charge in [-0.3, -0.25) is 4.79 Å². The summed E-state index contributed by atoms with van der Waals surface area (Å²) in [6.07, 6.45) is 9.17. The molecule has 2 atom stereocenters. The van der Waals surface area contributed by atoms with Crippen molar-refractivity contribution >= 4 is 5.91 Å². The van der Waals surface area contributed by atoms with Crippen molar-refractivity contribution in [1.82, 2.24) is 4.90 Å². The Morgan fingerprint density at radius 2 is 1.90 bits per heavy atom. The lowest BCUT2D eigenvalue weighted by Crippen LogP contribution is -2.46. The van der Waals surface area contributed by atoms with Crippen molar-refractivity contribution in [2.24, 2.45) is 5.92 Å². The van der Waals surface area contributed by atoms with Gasteiger partial charge in [-0.2, -0.15) is 0 Å². The van der Waals surface area contributed by atoms with E-state index in [1.807, 2.05) is 11.8 Å². The quantitative estimate of drug-likeness (QED) is 0.806. The minimum atomic E-state index is -0.337. The van der Waals surface area contributed by atoms with E-state index >= 15 is 0 Å². The van der Waals surface area contributed by atoms with Gasteiger partial charge >= 0.3 is 0 Å². The van der Waals surface area contributed by atoms with E-state index in [0.717, 1.165) is 32.2 Å². The Hall–Kier alpha value is -0.610. The largest absolute Gasteiger partial charge is 0.396 e. The van der Waals surface area contributed by atoms with Crippen LogP contribution in [0.15, 0.2) is 0 Å². The van der Waals surface area contributed by atoms with Gasteiger partial charge in [0, 0.05) is 19.7 Å². The van der Waals surface area contributed by atoms with Gasteiger partial charge in [0.25, 0.3) is 5.91 Å². The van der Waals surface area contributed by atoms with Gasteiger partial charge in [0.05, 0.1) is 6.10 Å². The highest BCUT2D eigenvalue weighted by atomic mass is 16.5. The van der Waals surface area contributed by atoms with E-state index in [1.165, 1.54) is 25.7 Å². The number of aliphatic hydroxyl groups is 1. The molecule has 0 aromatic carbocycles. The predicted octanol–water partition coefficient (Wildman–Crippen LogP) is 2.35. The van der Waals surface area contributed by atoms with Gasteiger partial charge in [-0.15, -0.1) is 0 Å². The number of amides is 1. The van der Waals surface area contributed by atoms with E-state index in [4.69, 9.17) is 4.74 Å². The summed E-state index contributed by atoms with van der Waals surface area (Å²) in [4.78, 5) is 14.3. The molecule has 2 rings (SSSR count). The molecule has 2 fully saturated rings. The number of carbonyl (C=O) groups is 1. The minimum Gasteiger partial charge on any atom is -0.396 e. The van der Waals surface area contributed by atoms with Gasteiger partial charge < -0.3 is 14.7 Å². The van der Waals surface area contributed by atoms with Crippen LogP contribution in [0.5, 0.6) is 0 Å². The number of piperidine rings is 1. The summed E-state index contributed by atoms with van der Waals surface area (Å²) >= 11 is 0. The third-order valence-corrected chi connectivity index (χ3v) is 4.64. The molecule has 1 heterocycles. The molecule has 1 amide bonds. The average Bonchev–Trinajstić information content (AvgIpc) is 2.75. The summed E-state index contributed by atoms with van der Waals surface area (Å²) in [5, 5.41) is 9.25. The number of hydrogen-bond acceptors (Lipinski definition) is 3. The lowest BCUT2D eigenvalue weighted by atomic mass is 9.98. The third kappa shape index (κ3) is 4.45. The third-order valence-electron chi connectivity index (χ3n) is 4.64. The van der Waals surface area contributed by atoms with Gasteiger partial charge in [0.15, 0.2) is 0 Å². The molecule has 0 aromatic heterocycles. The van der Waals surface area contributed by atoms with Gasteiger partial charge in [-0.1, -0.05) is 25.7 Å². The predicted molar refractivity (Wildman–Crippen MR) is 78.4 cm³/mol. The van der Waals surface area contributed by atoms with Crippen molar-refractivity contribution in [3.8, 4) is 0 Å². The summed E-state index contributed by atoms with van der Waals surface area (Å²) < 4.78 is 6.00. The fourth-order valence-corrected chi connectivity index (χ4v) is 3.40. The monoisotopic (exact) mass is 283 g/mol. The molecule has 20 heavy (non-hydrogen) atoms. The minimum absolute atomic E-state index is 0.104. The second-order valence-corrected chi connectivity index (χ2v) is 6.37. The van der Waals surface area contributed by atoms with Crippen LogP contribution in [0.3, 0.4) is 0 Å². The maximum atomic E-state index is 12.4. The van der Waals surface area contributed by atoms with Gasteiger partial charge in [-0.25, -0.2) is 0 Å². The first kappa shape index (κ1) is 15.8. The zero-order chi connectivity index (χ0) is 14.4. The van der Waals surface area contributed by atoms with E-state index in [9.17, 15) is 9.90 Å². The van der Waals surface area contributed by atoms with Crippen molar-refractivity contribution in [2.45, 2.75) is 70.5 Å². The Morgan fingerprint density at radius 3 is 2.55 bits per heavy atom. The number of nitrogens with zero attached hydrogens (tertiary/aromatic N) is 1. The average molecular weight is 283 g/mol. The van der Waals surface area contributed by atoms with Gasteiger partial charge in [0.1, 0.15) is 6.10 Å². The number of carbonyl (C=O) groups excluding carboxylic acids is 1. The Balaban J connectivity index is 1.81. The van der Waals surface area contributed by atoms with Crippen molar-refractivity contribution < 1.29 is 14.6 Å². The molecule has 0 bridgehead atoms. The second-order valence-electron chi connectivity index (χ2n) is 6.37. The molecule has 2 unspecified atom stereocenters. The molecule has 0 aromatic rings. The van der Waals surface area contributed by atoms with E-state index in [2.05, 4.69) is 0 Å². The van der Waals surface area contributed by atoms with E-state index in [0.29, 0.717) is 6.54 Å². The summed E-state index contributed by atoms with van der Waals surface area (Å²) in [5.74, 6) is 0.352. The lowest BCUT2D eigenvalue weighted by molar-refractivity contribution is -0.148. The molecule has 0 spiro atoms. The molecule has 1 saturated carbocycles. The van der Waals surface area contributed by atoms with Crippen LogP contribution in [0.4, 0.5) is 0 Å². The fraction of sp³-hybridized carbons (Fsp3) is 0.938. The van der Waals surface area contributed by atoms with Crippen LogP contribution in [0.1, 0.15) is 58.3 Å². The van der Waals surface area contributed by atoms with Crippen molar-refractivity contribution in [3.05, 3.63) is 0 Å². The number of hydrogen-bond donors (Lipinski definition) is 1. The SMILES string of the molecule is CC(OC1CCCCCC1)C(=O)N1CCCC(CO)C1. The summed E-state index contributed by atoms with van der Waals surface area (Å²) in [6.45, 7) is 3.57. The van der Waals surface area contributed by atoms with E-state index in [-0.39, 0.29) is 30.6 Å². The highest BCUT2D eigenvalue weighted by Gasteiger charge is 2.28. The van der Waals surface area contributed by atoms with Crippen LogP contribution in [-0.2, 0) is 9.53 Å². The Bertz CT molecular complexity index is 300. The molecule has 4 nitrogen and oxygen atoms in total. The summed E-state index contributed by atoms with van der Waals surface area (Å²) in [6, 6.07) is 0. The molecule has 0 radical (unpaired) electrons. The lowest BCUT2D eigenvalue weighted by Gasteiger charge is -2.34. The zero-order valence-corrected chi connectivity index (χ0v) is 12.7. The number of likely N-dealkylation sites (tertiary alicyclic amines) is 1. The van der Waals surface area contributed by atoms with Crippen LogP contribution in [-0.4, -0.2) is 47.8 Å². The van der Waals surface area contributed by atoms with Crippen LogP contribution < -0.4 is 0 Å². The maximum Gasteiger partial charge on any atom is 0.251 e. The van der Waals surface area contributed by atoms with E-state index < -0.39 is 0 Å². The highest BCUT2D eigenvalue weighted by Crippen LogP contribution is 2.22. The second kappa shape index (κ2) is 7.99. The van der Waals surface area contributed by atoms with Crippen LogP contribution in [0, 0.1) is 5.92 Å². The molecular formula is C16H29NO3. The molecule has 116 valence electrons. The topological polar surface area (TPSA) is 49.8 Å². The Kier molecular flexibility index (Phi) is 6.30.